The highest BCUT2D eigenvalue weighted by Gasteiger charge is 2.04. The lowest BCUT2D eigenvalue weighted by atomic mass is 10.1. The summed E-state index contributed by atoms with van der Waals surface area (Å²) in [5, 5.41) is 6.80. The lowest BCUT2D eigenvalue weighted by Crippen LogP contribution is -2.42. The summed E-state index contributed by atoms with van der Waals surface area (Å²) in [6, 6.07) is 5.86. The Balaban J connectivity index is 0.00000625. The fraction of sp³-hybridized carbons (Fsp3) is 0.700. The summed E-state index contributed by atoms with van der Waals surface area (Å²) in [6.45, 7) is 10.9. The van der Waals surface area contributed by atoms with Gasteiger partial charge in [0.15, 0.2) is 5.96 Å². The molecule has 6 heteroatoms. The minimum absolute atomic E-state index is 0. The number of unbranched alkanes of at least 4 members (excludes halogenated alkanes) is 3. The summed E-state index contributed by atoms with van der Waals surface area (Å²) in [6.07, 6.45) is 6.91. The van der Waals surface area contributed by atoms with Crippen LogP contribution in [0.1, 0.15) is 65.0 Å². The van der Waals surface area contributed by atoms with Gasteiger partial charge in [-0.05, 0) is 46.1 Å². The SMILES string of the molecule is CCCCCC(C)NC(=NCCCCn1c(C)cccc1=O)NCC.I. The molecule has 0 aromatic carbocycles. The van der Waals surface area contributed by atoms with Crippen LogP contribution in [0.2, 0.25) is 0 Å². The second kappa shape index (κ2) is 15.1. The van der Waals surface area contributed by atoms with Crippen LogP contribution >= 0.6 is 24.0 Å². The molecule has 1 unspecified atom stereocenters. The molecule has 0 amide bonds. The van der Waals surface area contributed by atoms with E-state index in [-0.39, 0.29) is 29.5 Å². The van der Waals surface area contributed by atoms with Gasteiger partial charge in [-0.3, -0.25) is 9.79 Å². The molecule has 5 nitrogen and oxygen atoms in total. The molecular weight excluding hydrogens is 439 g/mol. The monoisotopic (exact) mass is 476 g/mol. The van der Waals surface area contributed by atoms with Crippen LogP contribution in [0.25, 0.3) is 0 Å². The molecule has 1 atom stereocenters. The number of aryl methyl sites for hydroxylation is 1. The normalized spacial score (nSPS) is 12.4. The molecule has 1 aromatic rings. The van der Waals surface area contributed by atoms with E-state index >= 15 is 0 Å². The molecule has 0 fully saturated rings. The number of hydrogen-bond donors (Lipinski definition) is 2. The number of hydrogen-bond acceptors (Lipinski definition) is 2. The van der Waals surface area contributed by atoms with Crippen molar-refractivity contribution in [2.24, 2.45) is 4.99 Å². The predicted octanol–water partition coefficient (Wildman–Crippen LogP) is 4.08. The van der Waals surface area contributed by atoms with Gasteiger partial charge in [-0.1, -0.05) is 32.3 Å². The minimum Gasteiger partial charge on any atom is -0.357 e. The maximum Gasteiger partial charge on any atom is 0.250 e. The largest absolute Gasteiger partial charge is 0.357 e. The van der Waals surface area contributed by atoms with Crippen LogP contribution in [0.5, 0.6) is 0 Å². The summed E-state index contributed by atoms with van der Waals surface area (Å²) in [5.41, 5.74) is 1.10. The van der Waals surface area contributed by atoms with E-state index in [1.54, 1.807) is 6.07 Å². The number of aliphatic imine (C=N–C) groups is 1. The fourth-order valence-electron chi connectivity index (χ4n) is 2.81. The average Bonchev–Trinajstić information content (AvgIpc) is 2.57. The molecule has 0 bridgehead atoms. The first-order valence-electron chi connectivity index (χ1n) is 9.79. The third-order valence-electron chi connectivity index (χ3n) is 4.30. The lowest BCUT2D eigenvalue weighted by Gasteiger charge is -2.17. The molecule has 0 saturated carbocycles. The summed E-state index contributed by atoms with van der Waals surface area (Å²) >= 11 is 0. The van der Waals surface area contributed by atoms with Gasteiger partial charge >= 0.3 is 0 Å². The van der Waals surface area contributed by atoms with E-state index in [4.69, 9.17) is 0 Å². The van der Waals surface area contributed by atoms with Crippen molar-refractivity contribution in [1.29, 1.82) is 0 Å². The maximum absolute atomic E-state index is 11.8. The summed E-state index contributed by atoms with van der Waals surface area (Å²) < 4.78 is 1.84. The Bertz CT molecular complexity index is 571. The molecule has 1 rings (SSSR count). The molecule has 0 aliphatic carbocycles. The van der Waals surface area contributed by atoms with E-state index in [0.29, 0.717) is 6.04 Å². The number of nitrogens with zero attached hydrogens (tertiary/aromatic N) is 2. The molecule has 0 saturated heterocycles. The quantitative estimate of drug-likeness (QED) is 0.219. The van der Waals surface area contributed by atoms with Gasteiger partial charge in [0, 0.05) is 37.4 Å². The smallest absolute Gasteiger partial charge is 0.250 e. The standard InChI is InChI=1S/C20H36N4O.HI/c1-5-7-8-12-17(3)23-20(21-6-2)22-15-9-10-16-24-18(4)13-11-14-19(24)25;/h11,13-14,17H,5-10,12,15-16H2,1-4H3,(H2,21,22,23);1H. The molecule has 1 heterocycles. The number of guanidine groups is 1. The van der Waals surface area contributed by atoms with Crippen molar-refractivity contribution >= 4 is 29.9 Å². The van der Waals surface area contributed by atoms with Crippen molar-refractivity contribution in [2.75, 3.05) is 13.1 Å². The first-order valence-corrected chi connectivity index (χ1v) is 9.79. The zero-order valence-corrected chi connectivity index (χ0v) is 19.2. The van der Waals surface area contributed by atoms with Gasteiger partial charge < -0.3 is 15.2 Å². The highest BCUT2D eigenvalue weighted by atomic mass is 127. The Morgan fingerprint density at radius 1 is 1.19 bits per heavy atom. The van der Waals surface area contributed by atoms with E-state index in [2.05, 4.69) is 36.4 Å². The molecule has 26 heavy (non-hydrogen) atoms. The highest BCUT2D eigenvalue weighted by molar-refractivity contribution is 14.0. The highest BCUT2D eigenvalue weighted by Crippen LogP contribution is 2.03. The average molecular weight is 476 g/mol. The van der Waals surface area contributed by atoms with Crippen molar-refractivity contribution in [3.05, 3.63) is 34.2 Å². The molecule has 0 aliphatic heterocycles. The van der Waals surface area contributed by atoms with E-state index in [1.807, 2.05) is 23.6 Å². The van der Waals surface area contributed by atoms with Gasteiger partial charge in [-0.2, -0.15) is 0 Å². The number of rotatable bonds is 11. The van der Waals surface area contributed by atoms with Crippen molar-refractivity contribution in [1.82, 2.24) is 15.2 Å². The molecule has 2 N–H and O–H groups in total. The van der Waals surface area contributed by atoms with Gasteiger partial charge in [-0.15, -0.1) is 24.0 Å². The van der Waals surface area contributed by atoms with Crippen LogP contribution in [0.4, 0.5) is 0 Å². The summed E-state index contributed by atoms with van der Waals surface area (Å²) in [7, 11) is 0. The zero-order chi connectivity index (χ0) is 18.5. The Hall–Kier alpha value is -1.05. The minimum atomic E-state index is 0. The maximum atomic E-state index is 11.8. The van der Waals surface area contributed by atoms with Gasteiger partial charge in [-0.25, -0.2) is 0 Å². The Kier molecular flexibility index (Phi) is 14.4. The van der Waals surface area contributed by atoms with Crippen LogP contribution in [0.15, 0.2) is 28.0 Å². The molecule has 0 aliphatic rings. The Morgan fingerprint density at radius 2 is 1.96 bits per heavy atom. The third-order valence-corrected chi connectivity index (χ3v) is 4.30. The van der Waals surface area contributed by atoms with Crippen LogP contribution in [0.3, 0.4) is 0 Å². The molecule has 0 radical (unpaired) electrons. The summed E-state index contributed by atoms with van der Waals surface area (Å²) in [5.74, 6) is 0.902. The number of pyridine rings is 1. The Labute approximate surface area is 176 Å². The topological polar surface area (TPSA) is 58.4 Å². The van der Waals surface area contributed by atoms with Crippen LogP contribution < -0.4 is 16.2 Å². The van der Waals surface area contributed by atoms with Crippen LogP contribution in [-0.2, 0) is 6.54 Å². The predicted molar refractivity (Wildman–Crippen MR) is 123 cm³/mol. The second-order valence-electron chi connectivity index (χ2n) is 6.67. The summed E-state index contributed by atoms with van der Waals surface area (Å²) in [4.78, 5) is 16.5. The first kappa shape index (κ1) is 24.9. The molecule has 0 spiro atoms. The van der Waals surface area contributed by atoms with Gasteiger partial charge in [0.25, 0.3) is 5.56 Å². The van der Waals surface area contributed by atoms with Gasteiger partial charge in [0.1, 0.15) is 0 Å². The lowest BCUT2D eigenvalue weighted by molar-refractivity contribution is 0.545. The number of nitrogens with one attached hydrogen (secondary N) is 2. The molecular formula is C20H37IN4O. The van der Waals surface area contributed by atoms with Crippen LogP contribution in [-0.4, -0.2) is 29.7 Å². The zero-order valence-electron chi connectivity index (χ0n) is 16.9. The van der Waals surface area contributed by atoms with Gasteiger partial charge in [0.2, 0.25) is 0 Å². The fourth-order valence-corrected chi connectivity index (χ4v) is 2.81. The Morgan fingerprint density at radius 3 is 2.62 bits per heavy atom. The van der Waals surface area contributed by atoms with Crippen molar-refractivity contribution in [3.63, 3.8) is 0 Å². The molecule has 1 aromatic heterocycles. The van der Waals surface area contributed by atoms with Crippen molar-refractivity contribution in [3.8, 4) is 0 Å². The number of aromatic nitrogens is 1. The molecule has 150 valence electrons. The van der Waals surface area contributed by atoms with E-state index in [9.17, 15) is 4.79 Å². The van der Waals surface area contributed by atoms with E-state index < -0.39 is 0 Å². The van der Waals surface area contributed by atoms with Gasteiger partial charge in [0.05, 0.1) is 0 Å². The second-order valence-corrected chi connectivity index (χ2v) is 6.67. The first-order chi connectivity index (χ1) is 12.1. The van der Waals surface area contributed by atoms with Crippen molar-refractivity contribution in [2.45, 2.75) is 78.8 Å². The van der Waals surface area contributed by atoms with Crippen LogP contribution in [0, 0.1) is 6.92 Å². The van der Waals surface area contributed by atoms with E-state index in [1.165, 1.54) is 25.7 Å². The number of halogens is 1. The van der Waals surface area contributed by atoms with Crippen molar-refractivity contribution < 1.29 is 0 Å². The van der Waals surface area contributed by atoms with E-state index in [0.717, 1.165) is 44.1 Å². The third kappa shape index (κ3) is 10.2.